The molecule has 3 aliphatic rings. The lowest BCUT2D eigenvalue weighted by Crippen LogP contribution is -2.58. The number of pyridine rings is 1. The minimum Gasteiger partial charge on any atom is -0.475 e. The van der Waals surface area contributed by atoms with Gasteiger partial charge in [-0.25, -0.2) is 4.98 Å². The molecule has 1 unspecified atom stereocenters. The molecular weight excluding hydrogens is 388 g/mol. The van der Waals surface area contributed by atoms with E-state index in [4.69, 9.17) is 14.5 Å². The summed E-state index contributed by atoms with van der Waals surface area (Å²) in [5, 5.41) is 11.2. The molecule has 31 heavy (non-hydrogen) atoms. The van der Waals surface area contributed by atoms with Crippen molar-refractivity contribution in [1.29, 1.82) is 0 Å². The molecule has 2 aromatic rings. The van der Waals surface area contributed by atoms with Gasteiger partial charge in [0.2, 0.25) is 5.88 Å². The van der Waals surface area contributed by atoms with E-state index in [1.807, 2.05) is 30.3 Å². The van der Waals surface area contributed by atoms with Gasteiger partial charge in [-0.15, -0.1) is 0 Å². The zero-order valence-corrected chi connectivity index (χ0v) is 18.3. The Labute approximate surface area is 185 Å². The highest BCUT2D eigenvalue weighted by molar-refractivity contribution is 5.44. The van der Waals surface area contributed by atoms with Crippen LogP contribution in [0.25, 0.3) is 0 Å². The standard InChI is InChI=1S/C26H32N2O3/c1-2-16-30-17-18-31-25-9-8-22(24(27-25)19-21-6-4-3-5-7-21)10-13-26(29)20-28-14-11-23(26)12-15-28/h3-9,23,29H,2,11-12,14-20H2,1H3. The van der Waals surface area contributed by atoms with Crippen LogP contribution >= 0.6 is 0 Å². The second-order valence-electron chi connectivity index (χ2n) is 8.49. The van der Waals surface area contributed by atoms with Gasteiger partial charge in [0, 0.05) is 37.1 Å². The van der Waals surface area contributed by atoms with Crippen molar-refractivity contribution >= 4 is 0 Å². The predicted octanol–water partition coefficient (Wildman–Crippen LogP) is 3.29. The van der Waals surface area contributed by atoms with Crippen LogP contribution in [-0.2, 0) is 11.2 Å². The smallest absolute Gasteiger partial charge is 0.213 e. The number of aromatic nitrogens is 1. The van der Waals surface area contributed by atoms with Crippen molar-refractivity contribution in [3.8, 4) is 17.7 Å². The minimum absolute atomic E-state index is 0.265. The highest BCUT2D eigenvalue weighted by Crippen LogP contribution is 2.35. The Kier molecular flexibility index (Phi) is 7.24. The fourth-order valence-electron chi connectivity index (χ4n) is 4.41. The lowest BCUT2D eigenvalue weighted by molar-refractivity contribution is -0.0713. The van der Waals surface area contributed by atoms with Gasteiger partial charge in [0.25, 0.3) is 0 Å². The van der Waals surface area contributed by atoms with Crippen LogP contribution in [0.3, 0.4) is 0 Å². The van der Waals surface area contributed by atoms with Crippen molar-refractivity contribution in [3.05, 3.63) is 59.3 Å². The first-order valence-electron chi connectivity index (χ1n) is 11.4. The summed E-state index contributed by atoms with van der Waals surface area (Å²) in [7, 11) is 0. The van der Waals surface area contributed by atoms with E-state index in [1.165, 1.54) is 5.56 Å². The number of hydrogen-bond donors (Lipinski definition) is 1. The molecule has 1 N–H and O–H groups in total. The lowest BCUT2D eigenvalue weighted by Gasteiger charge is -2.47. The van der Waals surface area contributed by atoms with Gasteiger partial charge in [-0.3, -0.25) is 4.90 Å². The minimum atomic E-state index is -0.924. The Morgan fingerprint density at radius 2 is 1.90 bits per heavy atom. The van der Waals surface area contributed by atoms with E-state index >= 15 is 0 Å². The van der Waals surface area contributed by atoms with Crippen LogP contribution in [0.4, 0.5) is 0 Å². The maximum absolute atomic E-state index is 11.2. The van der Waals surface area contributed by atoms with Crippen LogP contribution in [-0.4, -0.2) is 60.0 Å². The second-order valence-corrected chi connectivity index (χ2v) is 8.49. The molecule has 3 fully saturated rings. The molecule has 0 aliphatic carbocycles. The maximum atomic E-state index is 11.2. The molecule has 5 nitrogen and oxygen atoms in total. The van der Waals surface area contributed by atoms with Crippen LogP contribution in [0.1, 0.15) is 43.0 Å². The molecule has 1 aromatic carbocycles. The summed E-state index contributed by atoms with van der Waals surface area (Å²) in [5.74, 6) is 7.34. The summed E-state index contributed by atoms with van der Waals surface area (Å²) in [6.45, 7) is 6.64. The van der Waals surface area contributed by atoms with E-state index in [2.05, 4.69) is 35.8 Å². The zero-order chi connectivity index (χ0) is 21.5. The Morgan fingerprint density at radius 1 is 1.10 bits per heavy atom. The van der Waals surface area contributed by atoms with Gasteiger partial charge in [0.1, 0.15) is 12.2 Å². The molecule has 0 spiro atoms. The first-order chi connectivity index (χ1) is 15.2. The van der Waals surface area contributed by atoms with Gasteiger partial charge in [0.05, 0.1) is 12.3 Å². The van der Waals surface area contributed by atoms with E-state index in [0.29, 0.717) is 32.1 Å². The topological polar surface area (TPSA) is 54.8 Å². The van der Waals surface area contributed by atoms with Crippen LogP contribution in [0.2, 0.25) is 0 Å². The summed E-state index contributed by atoms with van der Waals surface area (Å²) < 4.78 is 11.3. The van der Waals surface area contributed by atoms with Crippen LogP contribution < -0.4 is 4.74 Å². The van der Waals surface area contributed by atoms with Crippen molar-refractivity contribution in [2.45, 2.75) is 38.2 Å². The molecule has 1 aromatic heterocycles. The highest BCUT2D eigenvalue weighted by atomic mass is 16.5. The van der Waals surface area contributed by atoms with Crippen LogP contribution in [0.5, 0.6) is 5.88 Å². The molecule has 5 heteroatoms. The molecule has 2 bridgehead atoms. The van der Waals surface area contributed by atoms with E-state index in [0.717, 1.165) is 50.2 Å². The fraction of sp³-hybridized carbons (Fsp3) is 0.500. The van der Waals surface area contributed by atoms with E-state index in [9.17, 15) is 5.11 Å². The monoisotopic (exact) mass is 420 g/mol. The number of benzene rings is 1. The molecule has 0 radical (unpaired) electrons. The third-order valence-corrected chi connectivity index (χ3v) is 6.13. The van der Waals surface area contributed by atoms with E-state index in [1.54, 1.807) is 0 Å². The maximum Gasteiger partial charge on any atom is 0.213 e. The van der Waals surface area contributed by atoms with Gasteiger partial charge >= 0.3 is 0 Å². The van der Waals surface area contributed by atoms with Crippen LogP contribution in [0.15, 0.2) is 42.5 Å². The number of rotatable bonds is 8. The quantitative estimate of drug-likeness (QED) is 0.525. The Morgan fingerprint density at radius 3 is 2.61 bits per heavy atom. The van der Waals surface area contributed by atoms with Gasteiger partial charge in [-0.1, -0.05) is 49.1 Å². The second kappa shape index (κ2) is 10.3. The molecular formula is C26H32N2O3. The summed E-state index contributed by atoms with van der Waals surface area (Å²) in [6.07, 6.45) is 3.71. The molecule has 164 valence electrons. The highest BCUT2D eigenvalue weighted by Gasteiger charge is 2.44. The molecule has 4 heterocycles. The van der Waals surface area contributed by atoms with Crippen molar-refractivity contribution in [2.24, 2.45) is 5.92 Å². The van der Waals surface area contributed by atoms with Gasteiger partial charge in [-0.2, -0.15) is 0 Å². The Balaban J connectivity index is 1.53. The summed E-state index contributed by atoms with van der Waals surface area (Å²) in [5.41, 5.74) is 1.97. The third kappa shape index (κ3) is 5.65. The lowest BCUT2D eigenvalue weighted by atomic mass is 9.75. The molecule has 3 saturated heterocycles. The van der Waals surface area contributed by atoms with Crippen LogP contribution in [0, 0.1) is 17.8 Å². The molecule has 5 rings (SSSR count). The normalized spacial score (nSPS) is 24.5. The first kappa shape index (κ1) is 21.8. The van der Waals surface area contributed by atoms with Gasteiger partial charge in [-0.05, 0) is 44.0 Å². The number of ether oxygens (including phenoxy) is 2. The van der Waals surface area contributed by atoms with Gasteiger partial charge < -0.3 is 14.6 Å². The zero-order valence-electron chi connectivity index (χ0n) is 18.3. The number of piperidine rings is 3. The summed E-state index contributed by atoms with van der Waals surface area (Å²) in [6, 6.07) is 14.1. The largest absolute Gasteiger partial charge is 0.475 e. The first-order valence-corrected chi connectivity index (χ1v) is 11.4. The van der Waals surface area contributed by atoms with E-state index in [-0.39, 0.29) is 5.92 Å². The number of hydrogen-bond acceptors (Lipinski definition) is 5. The average Bonchev–Trinajstić information content (AvgIpc) is 2.80. The third-order valence-electron chi connectivity index (χ3n) is 6.13. The van der Waals surface area contributed by atoms with Crippen molar-refractivity contribution in [3.63, 3.8) is 0 Å². The summed E-state index contributed by atoms with van der Waals surface area (Å²) >= 11 is 0. The number of aliphatic hydroxyl groups is 1. The molecule has 1 atom stereocenters. The molecule has 3 aliphatic heterocycles. The number of fused-ring (bicyclic) bond motifs is 3. The average molecular weight is 421 g/mol. The van der Waals surface area contributed by atoms with Crippen molar-refractivity contribution in [1.82, 2.24) is 9.88 Å². The van der Waals surface area contributed by atoms with E-state index < -0.39 is 5.60 Å². The Bertz CT molecular complexity index is 913. The molecule has 0 amide bonds. The van der Waals surface area contributed by atoms with Gasteiger partial charge in [0.15, 0.2) is 0 Å². The Hall–Kier alpha value is -2.39. The molecule has 0 saturated carbocycles. The SMILES string of the molecule is CCCOCCOc1ccc(C#CC2(O)CN3CCC2CC3)c(Cc2ccccc2)n1. The van der Waals surface area contributed by atoms with Crippen molar-refractivity contribution in [2.75, 3.05) is 39.5 Å². The fourth-order valence-corrected chi connectivity index (χ4v) is 4.41. The summed E-state index contributed by atoms with van der Waals surface area (Å²) in [4.78, 5) is 7.06. The van der Waals surface area contributed by atoms with Crippen molar-refractivity contribution < 1.29 is 14.6 Å². The number of nitrogens with zero attached hydrogens (tertiary/aromatic N) is 2. The predicted molar refractivity (Wildman–Crippen MR) is 121 cm³/mol.